The first kappa shape index (κ1) is 25.3. The SMILES string of the molecule is COCCCNC(=O)Cc1csc(NC(=O)CN(C(=O)c2ccc(OC)cc2)C(C)C)n1. The lowest BCUT2D eigenvalue weighted by Crippen LogP contribution is -2.42. The Labute approximate surface area is 192 Å². The second kappa shape index (κ2) is 12.8. The lowest BCUT2D eigenvalue weighted by atomic mass is 10.1. The second-order valence-corrected chi connectivity index (χ2v) is 8.18. The molecule has 9 nitrogen and oxygen atoms in total. The molecule has 3 amide bonds. The summed E-state index contributed by atoms with van der Waals surface area (Å²) in [5.41, 5.74) is 1.05. The number of carbonyl (C=O) groups excluding carboxylic acids is 3. The Morgan fingerprint density at radius 3 is 2.47 bits per heavy atom. The topological polar surface area (TPSA) is 110 Å². The van der Waals surface area contributed by atoms with E-state index >= 15 is 0 Å². The standard InChI is InChI=1S/C22H30N4O5S/c1-15(2)26(21(29)16-6-8-18(31-4)9-7-16)13-20(28)25-22-24-17(14-32-22)12-19(27)23-10-5-11-30-3/h6-9,14-15H,5,10-13H2,1-4H3,(H,23,27)(H,24,25,28). The Morgan fingerprint density at radius 2 is 1.84 bits per heavy atom. The number of carbonyl (C=O) groups is 3. The maximum Gasteiger partial charge on any atom is 0.254 e. The highest BCUT2D eigenvalue weighted by atomic mass is 32.1. The highest BCUT2D eigenvalue weighted by molar-refractivity contribution is 7.13. The summed E-state index contributed by atoms with van der Waals surface area (Å²) in [4.78, 5) is 43.1. The number of anilines is 1. The number of aromatic nitrogens is 1. The molecule has 0 bridgehead atoms. The fourth-order valence-electron chi connectivity index (χ4n) is 2.82. The molecule has 0 spiro atoms. The third-order valence-electron chi connectivity index (χ3n) is 4.52. The van der Waals surface area contributed by atoms with Gasteiger partial charge in [0.1, 0.15) is 12.3 Å². The van der Waals surface area contributed by atoms with E-state index in [0.717, 1.165) is 6.42 Å². The van der Waals surface area contributed by atoms with Crippen LogP contribution in [0.2, 0.25) is 0 Å². The number of hydrogen-bond acceptors (Lipinski definition) is 7. The van der Waals surface area contributed by atoms with Crippen molar-refractivity contribution < 1.29 is 23.9 Å². The van der Waals surface area contributed by atoms with Gasteiger partial charge in [0.05, 0.1) is 19.2 Å². The second-order valence-electron chi connectivity index (χ2n) is 7.32. The summed E-state index contributed by atoms with van der Waals surface area (Å²) in [5.74, 6) is -0.0905. The predicted molar refractivity (Wildman–Crippen MR) is 123 cm³/mol. The van der Waals surface area contributed by atoms with E-state index in [-0.39, 0.29) is 36.7 Å². The molecule has 0 aliphatic rings. The Bertz CT molecular complexity index is 898. The average molecular weight is 463 g/mol. The quantitative estimate of drug-likeness (QED) is 0.469. The van der Waals surface area contributed by atoms with Gasteiger partial charge in [-0.3, -0.25) is 14.4 Å². The Morgan fingerprint density at radius 1 is 1.12 bits per heavy atom. The number of nitrogens with one attached hydrogen (secondary N) is 2. The van der Waals surface area contributed by atoms with E-state index in [0.29, 0.717) is 35.3 Å². The van der Waals surface area contributed by atoms with E-state index in [1.54, 1.807) is 43.9 Å². The molecule has 2 rings (SSSR count). The molecule has 1 heterocycles. The van der Waals surface area contributed by atoms with Gasteiger partial charge in [-0.15, -0.1) is 11.3 Å². The first-order valence-electron chi connectivity index (χ1n) is 10.3. The molecule has 0 saturated carbocycles. The molecule has 1 aromatic carbocycles. The maximum absolute atomic E-state index is 12.9. The summed E-state index contributed by atoms with van der Waals surface area (Å²) in [6.45, 7) is 4.70. The van der Waals surface area contributed by atoms with Crippen molar-refractivity contribution in [2.75, 3.05) is 39.2 Å². The van der Waals surface area contributed by atoms with Gasteiger partial charge in [-0.1, -0.05) is 0 Å². The van der Waals surface area contributed by atoms with Crippen LogP contribution in [0.4, 0.5) is 5.13 Å². The van der Waals surface area contributed by atoms with Gasteiger partial charge in [-0.05, 0) is 44.5 Å². The van der Waals surface area contributed by atoms with Crippen molar-refractivity contribution in [2.45, 2.75) is 32.7 Å². The van der Waals surface area contributed by atoms with E-state index in [1.807, 2.05) is 13.8 Å². The number of amides is 3. The first-order chi connectivity index (χ1) is 15.3. The zero-order valence-electron chi connectivity index (χ0n) is 18.8. The van der Waals surface area contributed by atoms with E-state index in [1.165, 1.54) is 16.2 Å². The molecule has 0 radical (unpaired) electrons. The Hall–Kier alpha value is -2.98. The maximum atomic E-state index is 12.9. The normalized spacial score (nSPS) is 10.7. The lowest BCUT2D eigenvalue weighted by Gasteiger charge is -2.26. The van der Waals surface area contributed by atoms with Gasteiger partial charge in [-0.25, -0.2) is 4.98 Å². The first-order valence-corrected chi connectivity index (χ1v) is 11.2. The molecule has 10 heteroatoms. The van der Waals surface area contributed by atoms with Crippen LogP contribution in [0, 0.1) is 0 Å². The molecule has 0 unspecified atom stereocenters. The van der Waals surface area contributed by atoms with Gasteiger partial charge in [0.25, 0.3) is 5.91 Å². The molecule has 0 aliphatic heterocycles. The van der Waals surface area contributed by atoms with Crippen molar-refractivity contribution in [1.29, 1.82) is 0 Å². The average Bonchev–Trinajstić information content (AvgIpc) is 3.20. The van der Waals surface area contributed by atoms with Gasteiger partial charge in [0.2, 0.25) is 11.8 Å². The van der Waals surface area contributed by atoms with Crippen molar-refractivity contribution in [1.82, 2.24) is 15.2 Å². The molecular formula is C22H30N4O5S. The number of rotatable bonds is 12. The smallest absolute Gasteiger partial charge is 0.254 e. The van der Waals surface area contributed by atoms with Crippen LogP contribution >= 0.6 is 11.3 Å². The van der Waals surface area contributed by atoms with Crippen molar-refractivity contribution in [3.8, 4) is 5.75 Å². The number of methoxy groups -OCH3 is 2. The molecule has 0 fully saturated rings. The number of ether oxygens (including phenoxy) is 2. The third kappa shape index (κ3) is 7.93. The number of benzene rings is 1. The molecule has 0 aliphatic carbocycles. The summed E-state index contributed by atoms with van der Waals surface area (Å²) in [6, 6.07) is 6.57. The van der Waals surface area contributed by atoms with Gasteiger partial charge in [0.15, 0.2) is 5.13 Å². The minimum Gasteiger partial charge on any atom is -0.497 e. The minimum atomic E-state index is -0.356. The number of nitrogens with zero attached hydrogens (tertiary/aromatic N) is 2. The van der Waals surface area contributed by atoms with Crippen LogP contribution in [0.1, 0.15) is 36.3 Å². The van der Waals surface area contributed by atoms with Crippen molar-refractivity contribution in [3.63, 3.8) is 0 Å². The van der Waals surface area contributed by atoms with Crippen LogP contribution in [0.3, 0.4) is 0 Å². The fourth-order valence-corrected chi connectivity index (χ4v) is 3.55. The monoisotopic (exact) mass is 462 g/mol. The molecular weight excluding hydrogens is 432 g/mol. The van der Waals surface area contributed by atoms with E-state index in [9.17, 15) is 14.4 Å². The molecule has 1 aromatic heterocycles. The van der Waals surface area contributed by atoms with Gasteiger partial charge >= 0.3 is 0 Å². The summed E-state index contributed by atoms with van der Waals surface area (Å²) in [7, 11) is 3.17. The summed E-state index contributed by atoms with van der Waals surface area (Å²) in [5, 5.41) is 7.62. The lowest BCUT2D eigenvalue weighted by molar-refractivity contribution is -0.120. The van der Waals surface area contributed by atoms with Gasteiger partial charge < -0.3 is 25.0 Å². The van der Waals surface area contributed by atoms with Crippen LogP contribution < -0.4 is 15.4 Å². The predicted octanol–water partition coefficient (Wildman–Crippen LogP) is 2.34. The summed E-state index contributed by atoms with van der Waals surface area (Å²) >= 11 is 1.24. The van der Waals surface area contributed by atoms with E-state index < -0.39 is 0 Å². The largest absolute Gasteiger partial charge is 0.497 e. The highest BCUT2D eigenvalue weighted by Crippen LogP contribution is 2.17. The number of thiazole rings is 1. The van der Waals surface area contributed by atoms with Crippen LogP contribution in [0.5, 0.6) is 5.75 Å². The van der Waals surface area contributed by atoms with Crippen molar-refractivity contribution >= 4 is 34.2 Å². The Balaban J connectivity index is 1.90. The minimum absolute atomic E-state index is 0.114. The van der Waals surface area contributed by atoms with E-state index in [2.05, 4.69) is 15.6 Å². The van der Waals surface area contributed by atoms with Crippen LogP contribution in [-0.4, -0.2) is 67.6 Å². The Kier molecular flexibility index (Phi) is 10.1. The van der Waals surface area contributed by atoms with Crippen molar-refractivity contribution in [2.24, 2.45) is 0 Å². The van der Waals surface area contributed by atoms with E-state index in [4.69, 9.17) is 9.47 Å². The third-order valence-corrected chi connectivity index (χ3v) is 5.33. The van der Waals surface area contributed by atoms with Crippen LogP contribution in [0.15, 0.2) is 29.6 Å². The van der Waals surface area contributed by atoms with Crippen LogP contribution in [-0.2, 0) is 20.7 Å². The number of hydrogen-bond donors (Lipinski definition) is 2. The molecule has 0 saturated heterocycles. The van der Waals surface area contributed by atoms with Gasteiger partial charge in [0, 0.05) is 37.2 Å². The summed E-state index contributed by atoms with van der Waals surface area (Å²) in [6.07, 6.45) is 0.871. The molecule has 174 valence electrons. The van der Waals surface area contributed by atoms with Crippen LogP contribution in [0.25, 0.3) is 0 Å². The molecule has 2 aromatic rings. The highest BCUT2D eigenvalue weighted by Gasteiger charge is 2.22. The van der Waals surface area contributed by atoms with Gasteiger partial charge in [-0.2, -0.15) is 0 Å². The summed E-state index contributed by atoms with van der Waals surface area (Å²) < 4.78 is 10.1. The zero-order chi connectivity index (χ0) is 23.5. The molecule has 2 N–H and O–H groups in total. The fraction of sp³-hybridized carbons (Fsp3) is 0.455. The molecule has 0 atom stereocenters. The van der Waals surface area contributed by atoms with Crippen molar-refractivity contribution in [3.05, 3.63) is 40.9 Å². The molecule has 32 heavy (non-hydrogen) atoms. The zero-order valence-corrected chi connectivity index (χ0v) is 19.7.